The number of rotatable bonds is 11. The van der Waals surface area contributed by atoms with Gasteiger partial charge in [-0.05, 0) is 24.7 Å². The fraction of sp³-hybridized carbons (Fsp3) is 0.941. The summed E-state index contributed by atoms with van der Waals surface area (Å²) < 4.78 is 4.78. The molecule has 0 spiro atoms. The Morgan fingerprint density at radius 1 is 0.947 bits per heavy atom. The highest BCUT2D eigenvalue weighted by Gasteiger charge is 2.18. The first-order valence-electron chi connectivity index (χ1n) is 8.09. The lowest BCUT2D eigenvalue weighted by Crippen LogP contribution is -2.16. The molecule has 0 aliphatic heterocycles. The van der Waals surface area contributed by atoms with Gasteiger partial charge in [0, 0.05) is 0 Å². The molecule has 0 saturated heterocycles. The number of esters is 1. The van der Waals surface area contributed by atoms with Crippen molar-refractivity contribution < 1.29 is 9.53 Å². The van der Waals surface area contributed by atoms with E-state index in [4.69, 9.17) is 4.74 Å². The van der Waals surface area contributed by atoms with Crippen molar-refractivity contribution in [2.45, 2.75) is 79.1 Å². The molecule has 2 heteroatoms. The van der Waals surface area contributed by atoms with Gasteiger partial charge in [-0.15, -0.1) is 0 Å². The molecule has 0 aliphatic carbocycles. The molecule has 3 atom stereocenters. The lowest BCUT2D eigenvalue weighted by molar-refractivity contribution is -0.145. The molecule has 0 aliphatic rings. The number of unbranched alkanes of at least 4 members (excludes halogenated alkanes) is 4. The third-order valence-corrected chi connectivity index (χ3v) is 3.96. The summed E-state index contributed by atoms with van der Waals surface area (Å²) in [7, 11) is 1.47. The second-order valence-electron chi connectivity index (χ2n) is 6.31. The zero-order chi connectivity index (χ0) is 14.7. The molecule has 0 saturated carbocycles. The molecule has 3 unspecified atom stereocenters. The third kappa shape index (κ3) is 9.98. The standard InChI is InChI=1S/C17H34O2/c1-6-7-8-9-10-11-14(2)12-15(3)13-16(4)17(18)19-5/h14-16H,6-13H2,1-5H3. The van der Waals surface area contributed by atoms with Crippen molar-refractivity contribution >= 4 is 5.97 Å². The largest absolute Gasteiger partial charge is 0.469 e. The van der Waals surface area contributed by atoms with Crippen LogP contribution < -0.4 is 0 Å². The van der Waals surface area contributed by atoms with Crippen molar-refractivity contribution in [3.8, 4) is 0 Å². The summed E-state index contributed by atoms with van der Waals surface area (Å²) >= 11 is 0. The fourth-order valence-corrected chi connectivity index (χ4v) is 2.90. The van der Waals surface area contributed by atoms with Crippen molar-refractivity contribution in [3.05, 3.63) is 0 Å². The maximum Gasteiger partial charge on any atom is 0.308 e. The van der Waals surface area contributed by atoms with Gasteiger partial charge in [0.1, 0.15) is 0 Å². The number of ether oxygens (including phenoxy) is 1. The van der Waals surface area contributed by atoms with Crippen LogP contribution in [0.4, 0.5) is 0 Å². The van der Waals surface area contributed by atoms with Crippen molar-refractivity contribution in [1.82, 2.24) is 0 Å². The maximum atomic E-state index is 11.4. The topological polar surface area (TPSA) is 26.3 Å². The molecular weight excluding hydrogens is 236 g/mol. The van der Waals surface area contributed by atoms with Gasteiger partial charge in [-0.3, -0.25) is 4.79 Å². The first-order chi connectivity index (χ1) is 9.01. The van der Waals surface area contributed by atoms with Crippen LogP contribution in [0.5, 0.6) is 0 Å². The van der Waals surface area contributed by atoms with Crippen LogP contribution in [0.1, 0.15) is 79.1 Å². The van der Waals surface area contributed by atoms with Crippen LogP contribution in [-0.2, 0) is 9.53 Å². The van der Waals surface area contributed by atoms with Gasteiger partial charge in [0.25, 0.3) is 0 Å². The van der Waals surface area contributed by atoms with E-state index in [1.165, 1.54) is 52.1 Å². The molecule has 2 nitrogen and oxygen atoms in total. The summed E-state index contributed by atoms with van der Waals surface area (Å²) in [6.45, 7) is 8.83. The zero-order valence-electron chi connectivity index (χ0n) is 13.7. The lowest BCUT2D eigenvalue weighted by Gasteiger charge is -2.19. The minimum atomic E-state index is -0.0703. The van der Waals surface area contributed by atoms with E-state index in [1.807, 2.05) is 6.92 Å². The molecule has 0 radical (unpaired) electrons. The Hall–Kier alpha value is -0.530. The van der Waals surface area contributed by atoms with E-state index in [9.17, 15) is 4.79 Å². The Kier molecular flexibility index (Phi) is 11.0. The van der Waals surface area contributed by atoms with E-state index in [1.54, 1.807) is 0 Å². The van der Waals surface area contributed by atoms with E-state index in [0.29, 0.717) is 5.92 Å². The minimum Gasteiger partial charge on any atom is -0.469 e. The van der Waals surface area contributed by atoms with Crippen LogP contribution in [0.25, 0.3) is 0 Å². The summed E-state index contributed by atoms with van der Waals surface area (Å²) in [5.41, 5.74) is 0. The molecular formula is C17H34O2. The Labute approximate surface area is 120 Å². The Morgan fingerprint density at radius 2 is 1.58 bits per heavy atom. The fourth-order valence-electron chi connectivity index (χ4n) is 2.90. The van der Waals surface area contributed by atoms with E-state index in [0.717, 1.165) is 12.3 Å². The van der Waals surface area contributed by atoms with Crippen molar-refractivity contribution in [2.24, 2.45) is 17.8 Å². The predicted molar refractivity (Wildman–Crippen MR) is 82.1 cm³/mol. The highest BCUT2D eigenvalue weighted by molar-refractivity contribution is 5.71. The minimum absolute atomic E-state index is 0.0387. The third-order valence-electron chi connectivity index (χ3n) is 3.96. The first-order valence-corrected chi connectivity index (χ1v) is 8.09. The quantitative estimate of drug-likeness (QED) is 0.380. The lowest BCUT2D eigenvalue weighted by atomic mass is 9.87. The van der Waals surface area contributed by atoms with Gasteiger partial charge >= 0.3 is 5.97 Å². The molecule has 0 aromatic carbocycles. The smallest absolute Gasteiger partial charge is 0.308 e. The highest BCUT2D eigenvalue weighted by atomic mass is 16.5. The molecule has 0 aromatic rings. The van der Waals surface area contributed by atoms with Crippen molar-refractivity contribution in [3.63, 3.8) is 0 Å². The SMILES string of the molecule is CCCCCCCC(C)CC(C)CC(C)C(=O)OC. The molecule has 0 bridgehead atoms. The number of carbonyl (C=O) groups is 1. The summed E-state index contributed by atoms with van der Waals surface area (Å²) in [4.78, 5) is 11.4. The maximum absolute atomic E-state index is 11.4. The summed E-state index contributed by atoms with van der Waals surface area (Å²) in [6.07, 6.45) is 10.3. The zero-order valence-corrected chi connectivity index (χ0v) is 13.7. The van der Waals surface area contributed by atoms with Crippen LogP contribution in [0.2, 0.25) is 0 Å². The molecule has 0 amide bonds. The van der Waals surface area contributed by atoms with Gasteiger partial charge in [-0.2, -0.15) is 0 Å². The molecule has 114 valence electrons. The van der Waals surface area contributed by atoms with Crippen LogP contribution >= 0.6 is 0 Å². The van der Waals surface area contributed by atoms with Gasteiger partial charge < -0.3 is 4.74 Å². The van der Waals surface area contributed by atoms with Gasteiger partial charge in [0.15, 0.2) is 0 Å². The van der Waals surface area contributed by atoms with Gasteiger partial charge in [0.05, 0.1) is 13.0 Å². The Morgan fingerprint density at radius 3 is 2.16 bits per heavy atom. The second-order valence-corrected chi connectivity index (χ2v) is 6.31. The molecule has 0 heterocycles. The summed E-state index contributed by atoms with van der Waals surface area (Å²) in [5.74, 6) is 1.36. The number of carbonyl (C=O) groups excluding carboxylic acids is 1. The molecule has 19 heavy (non-hydrogen) atoms. The van der Waals surface area contributed by atoms with Crippen LogP contribution in [0.3, 0.4) is 0 Å². The first kappa shape index (κ1) is 18.5. The molecule has 0 N–H and O–H groups in total. The summed E-state index contributed by atoms with van der Waals surface area (Å²) in [6, 6.07) is 0. The number of hydrogen-bond acceptors (Lipinski definition) is 2. The van der Waals surface area contributed by atoms with Crippen molar-refractivity contribution in [2.75, 3.05) is 7.11 Å². The van der Waals surface area contributed by atoms with Crippen molar-refractivity contribution in [1.29, 1.82) is 0 Å². The van der Waals surface area contributed by atoms with Crippen LogP contribution in [0.15, 0.2) is 0 Å². The van der Waals surface area contributed by atoms with Crippen LogP contribution in [0, 0.1) is 17.8 Å². The molecule has 0 rings (SSSR count). The van der Waals surface area contributed by atoms with E-state index < -0.39 is 0 Å². The molecule has 0 fully saturated rings. The monoisotopic (exact) mass is 270 g/mol. The average molecular weight is 270 g/mol. The Balaban J connectivity index is 3.68. The Bertz CT molecular complexity index is 225. The predicted octanol–water partition coefficient (Wildman–Crippen LogP) is 5.21. The summed E-state index contributed by atoms with van der Waals surface area (Å²) in [5, 5.41) is 0. The average Bonchev–Trinajstić information content (AvgIpc) is 2.37. The normalized spacial score (nSPS) is 15.8. The van der Waals surface area contributed by atoms with E-state index >= 15 is 0 Å². The number of methoxy groups -OCH3 is 1. The molecule has 0 aromatic heterocycles. The van der Waals surface area contributed by atoms with Gasteiger partial charge in [-0.25, -0.2) is 0 Å². The highest BCUT2D eigenvalue weighted by Crippen LogP contribution is 2.23. The second kappa shape index (κ2) is 11.3. The van der Waals surface area contributed by atoms with Gasteiger partial charge in [-0.1, -0.05) is 66.2 Å². The van der Waals surface area contributed by atoms with Crippen LogP contribution in [-0.4, -0.2) is 13.1 Å². The number of hydrogen-bond donors (Lipinski definition) is 0. The van der Waals surface area contributed by atoms with Gasteiger partial charge in [0.2, 0.25) is 0 Å². The van der Waals surface area contributed by atoms with E-state index in [-0.39, 0.29) is 11.9 Å². The van der Waals surface area contributed by atoms with E-state index in [2.05, 4.69) is 20.8 Å².